The van der Waals surface area contributed by atoms with Crippen LogP contribution >= 0.6 is 0 Å². The van der Waals surface area contributed by atoms with E-state index in [0.29, 0.717) is 24.2 Å². The molecule has 2 aromatic carbocycles. The van der Waals surface area contributed by atoms with Crippen molar-refractivity contribution in [2.45, 2.75) is 45.3 Å². The second-order valence-electron chi connectivity index (χ2n) is 8.64. The molecule has 2 aliphatic rings. The Balaban J connectivity index is 1.51. The number of amides is 4. The number of carbonyl (C=O) groups excluding carboxylic acids is 4. The zero-order chi connectivity index (χ0) is 23.5. The maximum atomic E-state index is 13.4. The number of rotatable bonds is 6. The minimum atomic E-state index is -0.524. The van der Waals surface area contributed by atoms with Crippen LogP contribution in [0.25, 0.3) is 0 Å². The Morgan fingerprint density at radius 1 is 1.06 bits per heavy atom. The van der Waals surface area contributed by atoms with Gasteiger partial charge in [-0.2, -0.15) is 0 Å². The van der Waals surface area contributed by atoms with Gasteiger partial charge in [-0.05, 0) is 63.1 Å². The second kappa shape index (κ2) is 9.54. The molecule has 2 aromatic rings. The van der Waals surface area contributed by atoms with Crippen molar-refractivity contribution in [3.8, 4) is 0 Å². The van der Waals surface area contributed by atoms with Gasteiger partial charge in [0.25, 0.3) is 0 Å². The molecule has 0 aliphatic carbocycles. The zero-order valence-corrected chi connectivity index (χ0v) is 18.8. The summed E-state index contributed by atoms with van der Waals surface area (Å²) in [6.45, 7) is 4.16. The lowest BCUT2D eigenvalue weighted by Gasteiger charge is -2.46. The Kier molecular flexibility index (Phi) is 6.55. The number of carbonyl (C=O) groups is 4. The lowest BCUT2D eigenvalue weighted by molar-refractivity contribution is -0.138. The number of benzene rings is 2. The molecule has 4 rings (SSSR count). The van der Waals surface area contributed by atoms with E-state index in [1.54, 1.807) is 24.3 Å². The van der Waals surface area contributed by atoms with Crippen molar-refractivity contribution in [1.82, 2.24) is 15.1 Å². The smallest absolute Gasteiger partial charge is 0.325 e. The summed E-state index contributed by atoms with van der Waals surface area (Å²) in [4.78, 5) is 53.5. The van der Waals surface area contributed by atoms with E-state index in [1.807, 2.05) is 31.2 Å². The average molecular weight is 449 g/mol. The highest BCUT2D eigenvalue weighted by Crippen LogP contribution is 2.26. The van der Waals surface area contributed by atoms with E-state index in [1.165, 1.54) is 16.7 Å². The number of Topliss-reactive ketones (excluding diaryl/α,β-unsaturated/α-hetero) is 1. The quantitative estimate of drug-likeness (QED) is 0.662. The number of ketones is 1. The number of hydrogen-bond acceptors (Lipinski definition) is 5. The summed E-state index contributed by atoms with van der Waals surface area (Å²) < 4.78 is 0. The molecule has 8 heteroatoms. The van der Waals surface area contributed by atoms with Crippen molar-refractivity contribution in [1.29, 1.82) is 0 Å². The molecule has 0 radical (unpaired) electrons. The lowest BCUT2D eigenvalue weighted by Crippen LogP contribution is -2.70. The molecule has 0 aromatic heterocycles. The van der Waals surface area contributed by atoms with Gasteiger partial charge in [0.15, 0.2) is 5.78 Å². The summed E-state index contributed by atoms with van der Waals surface area (Å²) >= 11 is 0. The first-order valence-electron chi connectivity index (χ1n) is 11.2. The van der Waals surface area contributed by atoms with Crippen LogP contribution in [0.3, 0.4) is 0 Å². The summed E-state index contributed by atoms with van der Waals surface area (Å²) in [7, 11) is 0. The number of anilines is 1. The third-order valence-electron chi connectivity index (χ3n) is 6.19. The van der Waals surface area contributed by atoms with Crippen LogP contribution in [0.4, 0.5) is 10.5 Å². The monoisotopic (exact) mass is 448 g/mol. The van der Waals surface area contributed by atoms with E-state index >= 15 is 0 Å². The minimum absolute atomic E-state index is 0.0547. The molecule has 33 heavy (non-hydrogen) atoms. The number of nitrogens with one attached hydrogen (secondary N) is 2. The van der Waals surface area contributed by atoms with Crippen molar-refractivity contribution < 1.29 is 19.2 Å². The van der Waals surface area contributed by atoms with E-state index in [4.69, 9.17) is 0 Å². The predicted molar refractivity (Wildman–Crippen MR) is 124 cm³/mol. The zero-order valence-electron chi connectivity index (χ0n) is 18.8. The Labute approximate surface area is 192 Å². The van der Waals surface area contributed by atoms with Gasteiger partial charge in [0.2, 0.25) is 11.8 Å². The number of hydrogen-bond donors (Lipinski definition) is 2. The van der Waals surface area contributed by atoms with Gasteiger partial charge in [0.1, 0.15) is 12.6 Å². The van der Waals surface area contributed by atoms with Crippen LogP contribution in [0.15, 0.2) is 48.5 Å². The third-order valence-corrected chi connectivity index (χ3v) is 6.19. The molecule has 4 amide bonds. The van der Waals surface area contributed by atoms with Gasteiger partial charge in [0.05, 0.1) is 12.6 Å². The molecule has 2 atom stereocenters. The van der Waals surface area contributed by atoms with E-state index < -0.39 is 12.1 Å². The van der Waals surface area contributed by atoms with Crippen LogP contribution in [0.1, 0.15) is 41.3 Å². The molecular formula is C25H28N4O4. The van der Waals surface area contributed by atoms with E-state index in [0.717, 1.165) is 17.5 Å². The maximum Gasteiger partial charge on any atom is 0.327 e. The van der Waals surface area contributed by atoms with Crippen molar-refractivity contribution in [3.05, 3.63) is 65.2 Å². The van der Waals surface area contributed by atoms with Crippen LogP contribution in [-0.4, -0.2) is 58.6 Å². The topological polar surface area (TPSA) is 98.8 Å². The molecule has 2 fully saturated rings. The highest BCUT2D eigenvalue weighted by Gasteiger charge is 2.47. The highest BCUT2D eigenvalue weighted by molar-refractivity contribution is 6.03. The Morgan fingerprint density at radius 3 is 2.42 bits per heavy atom. The summed E-state index contributed by atoms with van der Waals surface area (Å²) in [6, 6.07) is 13.0. The van der Waals surface area contributed by atoms with Crippen LogP contribution in [0, 0.1) is 6.92 Å². The average Bonchev–Trinajstić information content (AvgIpc) is 2.81. The van der Waals surface area contributed by atoms with E-state index in [2.05, 4.69) is 10.6 Å². The molecule has 8 nitrogen and oxygen atoms in total. The predicted octanol–water partition coefficient (Wildman–Crippen LogP) is 2.72. The van der Waals surface area contributed by atoms with Gasteiger partial charge in [-0.25, -0.2) is 4.79 Å². The number of piperidine rings is 1. The molecule has 0 bridgehead atoms. The summed E-state index contributed by atoms with van der Waals surface area (Å²) in [5, 5.41) is 6.02. The first kappa shape index (κ1) is 22.7. The molecule has 2 unspecified atom stereocenters. The number of nitrogens with zero attached hydrogens (tertiary/aromatic N) is 2. The summed E-state index contributed by atoms with van der Waals surface area (Å²) in [5.41, 5.74) is 3.05. The standard InChI is InChI=1S/C25H28N4O4/c1-16-5-7-18(8-6-16)14-29-24(32)23-21(4-3-13-26-23)28(25(29)33)15-22(31)27-20-11-9-19(10-12-20)17(2)30/h5-12,21,23,26H,3-4,13-15H2,1-2H3,(H,27,31). The van der Waals surface area contributed by atoms with Crippen LogP contribution in [0.5, 0.6) is 0 Å². The Morgan fingerprint density at radius 2 is 1.76 bits per heavy atom. The van der Waals surface area contributed by atoms with Gasteiger partial charge in [-0.15, -0.1) is 0 Å². The van der Waals surface area contributed by atoms with Gasteiger partial charge < -0.3 is 15.5 Å². The van der Waals surface area contributed by atoms with Gasteiger partial charge in [-0.1, -0.05) is 29.8 Å². The first-order valence-corrected chi connectivity index (χ1v) is 11.2. The normalized spacial score (nSPS) is 20.4. The first-order chi connectivity index (χ1) is 15.8. The summed E-state index contributed by atoms with van der Waals surface area (Å²) in [5.74, 6) is -0.657. The molecule has 172 valence electrons. The molecule has 2 heterocycles. The fourth-order valence-corrected chi connectivity index (χ4v) is 4.37. The number of urea groups is 1. The molecule has 0 saturated carbocycles. The van der Waals surface area contributed by atoms with Gasteiger partial charge in [-0.3, -0.25) is 19.3 Å². The highest BCUT2D eigenvalue weighted by atomic mass is 16.2. The fraction of sp³-hybridized carbons (Fsp3) is 0.360. The van der Waals surface area contributed by atoms with E-state index in [-0.39, 0.29) is 36.7 Å². The van der Waals surface area contributed by atoms with Crippen molar-refractivity contribution in [2.75, 3.05) is 18.4 Å². The largest absolute Gasteiger partial charge is 0.327 e. The van der Waals surface area contributed by atoms with Gasteiger partial charge in [0, 0.05) is 11.3 Å². The lowest BCUT2D eigenvalue weighted by atomic mass is 9.93. The Hall–Kier alpha value is -3.52. The fourth-order valence-electron chi connectivity index (χ4n) is 4.37. The summed E-state index contributed by atoms with van der Waals surface area (Å²) in [6.07, 6.45) is 1.48. The van der Waals surface area contributed by atoms with Gasteiger partial charge >= 0.3 is 6.03 Å². The maximum absolute atomic E-state index is 13.4. The van der Waals surface area contributed by atoms with Crippen molar-refractivity contribution in [2.24, 2.45) is 0 Å². The second-order valence-corrected chi connectivity index (χ2v) is 8.64. The van der Waals surface area contributed by atoms with Crippen molar-refractivity contribution >= 4 is 29.3 Å². The Bertz CT molecular complexity index is 1060. The molecular weight excluding hydrogens is 420 g/mol. The molecule has 2 saturated heterocycles. The van der Waals surface area contributed by atoms with Crippen LogP contribution in [0.2, 0.25) is 0 Å². The number of fused-ring (bicyclic) bond motifs is 1. The third kappa shape index (κ3) is 4.96. The number of aryl methyl sites for hydroxylation is 1. The van der Waals surface area contributed by atoms with E-state index in [9.17, 15) is 19.2 Å². The molecule has 0 spiro atoms. The molecule has 2 aliphatic heterocycles. The number of imide groups is 1. The molecule has 2 N–H and O–H groups in total. The van der Waals surface area contributed by atoms with Crippen LogP contribution in [-0.2, 0) is 16.1 Å². The van der Waals surface area contributed by atoms with Crippen LogP contribution < -0.4 is 10.6 Å². The van der Waals surface area contributed by atoms with Crippen molar-refractivity contribution in [3.63, 3.8) is 0 Å². The minimum Gasteiger partial charge on any atom is -0.325 e. The SMILES string of the molecule is CC(=O)c1ccc(NC(=O)CN2C(=O)N(Cc3ccc(C)cc3)C(=O)C3NCCCC32)cc1.